The Morgan fingerprint density at radius 1 is 0.353 bits per heavy atom. The Kier molecular flexibility index (Phi) is 6.43. The summed E-state index contributed by atoms with van der Waals surface area (Å²) in [6.07, 6.45) is 0. The highest BCUT2D eigenvalue weighted by Crippen LogP contribution is 2.63. The Bertz CT molecular complexity index is 2590. The molecule has 4 nitrogen and oxygen atoms in total. The second kappa shape index (κ2) is 11.3. The first-order valence-electron chi connectivity index (χ1n) is 17.1. The van der Waals surface area contributed by atoms with Crippen molar-refractivity contribution < 1.29 is 0 Å². The minimum absolute atomic E-state index is 0.521. The number of nitriles is 1. The first-order valence-corrected chi connectivity index (χ1v) is 17.1. The Morgan fingerprint density at radius 3 is 1.31 bits per heavy atom. The maximum absolute atomic E-state index is 9.99. The second-order valence-electron chi connectivity index (χ2n) is 13.1. The Balaban J connectivity index is 1.11. The fourth-order valence-corrected chi connectivity index (χ4v) is 8.14. The van der Waals surface area contributed by atoms with Gasteiger partial charge < -0.3 is 0 Å². The van der Waals surface area contributed by atoms with Crippen LogP contribution in [0.5, 0.6) is 0 Å². The van der Waals surface area contributed by atoms with E-state index in [-0.39, 0.29) is 0 Å². The molecule has 0 aliphatic heterocycles. The van der Waals surface area contributed by atoms with Crippen molar-refractivity contribution in [2.24, 2.45) is 0 Å². The summed E-state index contributed by atoms with van der Waals surface area (Å²) in [6.45, 7) is 0. The van der Waals surface area contributed by atoms with E-state index >= 15 is 0 Å². The van der Waals surface area contributed by atoms with E-state index in [9.17, 15) is 5.26 Å². The van der Waals surface area contributed by atoms with Gasteiger partial charge >= 0.3 is 0 Å². The molecular weight excluding hydrogens is 621 g/mol. The smallest absolute Gasteiger partial charge is 0.164 e. The van der Waals surface area contributed by atoms with Crippen LogP contribution in [-0.2, 0) is 5.41 Å². The Hall–Kier alpha value is -6.96. The highest BCUT2D eigenvalue weighted by molar-refractivity contribution is 5.96. The van der Waals surface area contributed by atoms with Gasteiger partial charge in [-0.05, 0) is 73.8 Å². The fraction of sp³-hybridized carbons (Fsp3) is 0.0213. The first kappa shape index (κ1) is 29.0. The zero-order valence-electron chi connectivity index (χ0n) is 27.5. The first-order chi connectivity index (χ1) is 25.2. The van der Waals surface area contributed by atoms with Crippen molar-refractivity contribution in [3.8, 4) is 73.6 Å². The lowest BCUT2D eigenvalue weighted by molar-refractivity contribution is 0.793. The normalized spacial score (nSPS) is 12.8. The van der Waals surface area contributed by atoms with Gasteiger partial charge in [-0.1, -0.05) is 152 Å². The topological polar surface area (TPSA) is 62.5 Å². The molecule has 1 heterocycles. The van der Waals surface area contributed by atoms with Crippen LogP contribution < -0.4 is 0 Å². The fourth-order valence-electron chi connectivity index (χ4n) is 8.14. The Labute approximate surface area is 296 Å². The van der Waals surface area contributed by atoms with Crippen molar-refractivity contribution in [2.45, 2.75) is 5.41 Å². The van der Waals surface area contributed by atoms with Crippen molar-refractivity contribution >= 4 is 0 Å². The van der Waals surface area contributed by atoms with E-state index < -0.39 is 5.41 Å². The summed E-state index contributed by atoms with van der Waals surface area (Å²) in [7, 11) is 0. The molecular formula is C47H28N4. The second-order valence-corrected chi connectivity index (χ2v) is 13.1. The molecule has 1 aromatic heterocycles. The van der Waals surface area contributed by atoms with Crippen LogP contribution >= 0.6 is 0 Å². The molecule has 0 amide bonds. The van der Waals surface area contributed by atoms with Crippen LogP contribution in [0.25, 0.3) is 67.5 Å². The minimum Gasteiger partial charge on any atom is -0.208 e. The number of nitrogens with zero attached hydrogens (tertiary/aromatic N) is 4. The van der Waals surface area contributed by atoms with Crippen LogP contribution in [0.4, 0.5) is 0 Å². The third-order valence-corrected chi connectivity index (χ3v) is 10.4. The molecule has 236 valence electrons. The number of hydrogen-bond donors (Lipinski definition) is 0. The monoisotopic (exact) mass is 648 g/mol. The van der Waals surface area contributed by atoms with E-state index in [2.05, 4.69) is 109 Å². The van der Waals surface area contributed by atoms with Gasteiger partial charge in [0.15, 0.2) is 17.5 Å². The van der Waals surface area contributed by atoms with Gasteiger partial charge in [-0.25, -0.2) is 15.0 Å². The molecule has 2 aliphatic rings. The predicted octanol–water partition coefficient (Wildman–Crippen LogP) is 10.8. The van der Waals surface area contributed by atoms with Crippen molar-refractivity contribution in [1.82, 2.24) is 15.0 Å². The molecule has 0 bridgehead atoms. The van der Waals surface area contributed by atoms with Gasteiger partial charge in [0.2, 0.25) is 0 Å². The van der Waals surface area contributed by atoms with Gasteiger partial charge in [-0.3, -0.25) is 0 Å². The molecule has 8 aromatic rings. The molecule has 1 spiro atoms. The van der Waals surface area contributed by atoms with Gasteiger partial charge in [0.25, 0.3) is 0 Å². The van der Waals surface area contributed by atoms with E-state index in [1.54, 1.807) is 0 Å². The van der Waals surface area contributed by atoms with Gasteiger partial charge in [0, 0.05) is 16.7 Å². The van der Waals surface area contributed by atoms with Crippen LogP contribution in [0, 0.1) is 11.3 Å². The van der Waals surface area contributed by atoms with Crippen molar-refractivity contribution in [3.05, 3.63) is 198 Å². The lowest BCUT2D eigenvalue weighted by atomic mass is 9.70. The largest absolute Gasteiger partial charge is 0.208 e. The summed E-state index contributed by atoms with van der Waals surface area (Å²) < 4.78 is 0. The molecule has 0 saturated heterocycles. The summed E-state index contributed by atoms with van der Waals surface area (Å²) in [4.78, 5) is 14.7. The summed E-state index contributed by atoms with van der Waals surface area (Å²) in [5.74, 6) is 1.91. The van der Waals surface area contributed by atoms with Crippen LogP contribution in [0.2, 0.25) is 0 Å². The molecule has 0 fully saturated rings. The number of benzene rings is 7. The summed E-state index contributed by atoms with van der Waals surface area (Å²) >= 11 is 0. The SMILES string of the molecule is N#Cc1ccc2c(c1)C1(c3ccccc3-c3ccccc31)c1cc(-c3ccc(-c4nc(-c5ccccc5)nc(-c5ccccc5)n4)cc3)ccc1-2. The molecule has 2 aliphatic carbocycles. The molecule has 7 aromatic carbocycles. The maximum atomic E-state index is 9.99. The number of fused-ring (bicyclic) bond motifs is 10. The molecule has 10 rings (SSSR count). The van der Waals surface area contributed by atoms with Crippen LogP contribution in [0.15, 0.2) is 170 Å². The molecule has 0 radical (unpaired) electrons. The van der Waals surface area contributed by atoms with Crippen LogP contribution in [0.3, 0.4) is 0 Å². The summed E-state index contributed by atoms with van der Waals surface area (Å²) in [5.41, 5.74) is 15.0. The average Bonchev–Trinajstić information content (AvgIpc) is 3.68. The number of aromatic nitrogens is 3. The van der Waals surface area contributed by atoms with E-state index in [1.807, 2.05) is 66.7 Å². The van der Waals surface area contributed by atoms with E-state index in [0.717, 1.165) is 27.8 Å². The standard InChI is InChI=1S/C47H28N4/c48-29-30-19-25-38-39-26-24-35(28-43(39)47(42(38)27-30)40-17-9-7-15-36(40)37-16-8-10-18-41(37)47)31-20-22-34(23-21-31)46-50-44(32-11-3-1-4-12-32)49-45(51-46)33-13-5-2-6-14-33/h1-28H. The minimum atomic E-state index is -0.521. The van der Waals surface area contributed by atoms with Crippen LogP contribution in [-0.4, -0.2) is 15.0 Å². The maximum Gasteiger partial charge on any atom is 0.164 e. The summed E-state index contributed by atoms with van der Waals surface area (Å²) in [6, 6.07) is 61.5. The third kappa shape index (κ3) is 4.35. The lowest BCUT2D eigenvalue weighted by Crippen LogP contribution is -2.26. The Morgan fingerprint density at radius 2 is 0.765 bits per heavy atom. The molecule has 0 saturated carbocycles. The quantitative estimate of drug-likeness (QED) is 0.191. The predicted molar refractivity (Wildman–Crippen MR) is 203 cm³/mol. The molecule has 0 N–H and O–H groups in total. The van der Waals surface area contributed by atoms with Gasteiger partial charge in [-0.2, -0.15) is 5.26 Å². The highest BCUT2D eigenvalue weighted by atomic mass is 15.0. The lowest BCUT2D eigenvalue weighted by Gasteiger charge is -2.30. The third-order valence-electron chi connectivity index (χ3n) is 10.4. The van der Waals surface area contributed by atoms with Crippen LogP contribution in [0.1, 0.15) is 27.8 Å². The van der Waals surface area contributed by atoms with Gasteiger partial charge in [0.05, 0.1) is 17.0 Å². The number of rotatable bonds is 4. The summed E-state index contributed by atoms with van der Waals surface area (Å²) in [5, 5.41) is 9.99. The average molecular weight is 649 g/mol. The molecule has 0 atom stereocenters. The molecule has 51 heavy (non-hydrogen) atoms. The van der Waals surface area contributed by atoms with Gasteiger partial charge in [0.1, 0.15) is 0 Å². The number of hydrogen-bond acceptors (Lipinski definition) is 4. The van der Waals surface area contributed by atoms with E-state index in [0.29, 0.717) is 23.0 Å². The van der Waals surface area contributed by atoms with E-state index in [4.69, 9.17) is 15.0 Å². The van der Waals surface area contributed by atoms with Gasteiger partial charge in [-0.15, -0.1) is 0 Å². The highest BCUT2D eigenvalue weighted by Gasteiger charge is 2.51. The molecule has 4 heteroatoms. The zero-order chi connectivity index (χ0) is 33.9. The molecule has 0 unspecified atom stereocenters. The van der Waals surface area contributed by atoms with Crippen molar-refractivity contribution in [3.63, 3.8) is 0 Å². The van der Waals surface area contributed by atoms with Crippen molar-refractivity contribution in [2.75, 3.05) is 0 Å². The van der Waals surface area contributed by atoms with E-state index in [1.165, 1.54) is 44.5 Å². The van der Waals surface area contributed by atoms with Crippen molar-refractivity contribution in [1.29, 1.82) is 5.26 Å². The zero-order valence-corrected chi connectivity index (χ0v) is 27.5.